The van der Waals surface area contributed by atoms with Crippen molar-refractivity contribution in [1.29, 1.82) is 0 Å². The zero-order valence-electron chi connectivity index (χ0n) is 13.7. The summed E-state index contributed by atoms with van der Waals surface area (Å²) in [6.45, 7) is 14.2. The molecule has 0 aromatic carbocycles. The number of hydrogen-bond donors (Lipinski definition) is 1. The molecular formula is C16H30BrN3. The predicted octanol–water partition coefficient (Wildman–Crippen LogP) is 4.32. The van der Waals surface area contributed by atoms with Crippen molar-refractivity contribution in [1.82, 2.24) is 15.1 Å². The molecule has 1 unspecified atom stereocenters. The summed E-state index contributed by atoms with van der Waals surface area (Å²) in [5.41, 5.74) is 2.74. The molecule has 4 heteroatoms. The van der Waals surface area contributed by atoms with Gasteiger partial charge in [-0.1, -0.05) is 27.2 Å². The summed E-state index contributed by atoms with van der Waals surface area (Å²) in [5.74, 6) is 0. The van der Waals surface area contributed by atoms with Gasteiger partial charge in [-0.15, -0.1) is 0 Å². The third-order valence-electron chi connectivity index (χ3n) is 3.88. The molecule has 0 aliphatic carbocycles. The Bertz CT molecular complexity index is 414. The van der Waals surface area contributed by atoms with Crippen LogP contribution in [0.2, 0.25) is 0 Å². The van der Waals surface area contributed by atoms with Crippen LogP contribution < -0.4 is 5.32 Å². The molecule has 0 bridgehead atoms. The molecule has 0 saturated heterocycles. The Morgan fingerprint density at radius 3 is 2.50 bits per heavy atom. The molecule has 0 aliphatic rings. The van der Waals surface area contributed by atoms with Gasteiger partial charge in [0.2, 0.25) is 0 Å². The van der Waals surface area contributed by atoms with Crippen molar-refractivity contribution in [2.45, 2.75) is 66.8 Å². The number of hydrogen-bond acceptors (Lipinski definition) is 2. The maximum absolute atomic E-state index is 4.62. The van der Waals surface area contributed by atoms with Crippen molar-refractivity contribution in [2.24, 2.45) is 5.41 Å². The van der Waals surface area contributed by atoms with E-state index in [1.807, 2.05) is 0 Å². The van der Waals surface area contributed by atoms with Crippen molar-refractivity contribution < 1.29 is 0 Å². The highest BCUT2D eigenvalue weighted by atomic mass is 79.9. The Morgan fingerprint density at radius 1 is 1.25 bits per heavy atom. The lowest BCUT2D eigenvalue weighted by molar-refractivity contribution is 0.268. The fraction of sp³-hybridized carbons (Fsp3) is 0.812. The van der Waals surface area contributed by atoms with Crippen LogP contribution in [0.1, 0.15) is 58.3 Å². The molecule has 20 heavy (non-hydrogen) atoms. The number of aromatic nitrogens is 2. The van der Waals surface area contributed by atoms with E-state index in [0.29, 0.717) is 5.41 Å². The first kappa shape index (κ1) is 17.7. The Balaban J connectivity index is 2.89. The number of nitrogens with zero attached hydrogens (tertiary/aromatic N) is 2. The normalized spacial score (nSPS) is 14.5. The molecule has 1 heterocycles. The van der Waals surface area contributed by atoms with Crippen molar-refractivity contribution in [3.8, 4) is 0 Å². The number of nitrogens with one attached hydrogen (secondary N) is 1. The summed E-state index contributed by atoms with van der Waals surface area (Å²) in [6, 6.07) is 0. The van der Waals surface area contributed by atoms with Gasteiger partial charge in [0.25, 0.3) is 0 Å². The Kier molecular flexibility index (Phi) is 7.24. The molecule has 1 aromatic heterocycles. The zero-order chi connectivity index (χ0) is 15.2. The lowest BCUT2D eigenvalue weighted by Crippen LogP contribution is -2.34. The molecule has 3 nitrogen and oxygen atoms in total. The summed E-state index contributed by atoms with van der Waals surface area (Å²) in [4.78, 5) is 0. The van der Waals surface area contributed by atoms with E-state index < -0.39 is 0 Å². The van der Waals surface area contributed by atoms with Gasteiger partial charge >= 0.3 is 0 Å². The Morgan fingerprint density at radius 2 is 1.95 bits per heavy atom. The highest BCUT2D eigenvalue weighted by Gasteiger charge is 2.27. The average molecular weight is 344 g/mol. The van der Waals surface area contributed by atoms with Crippen LogP contribution in [0.15, 0.2) is 4.47 Å². The fourth-order valence-corrected chi connectivity index (χ4v) is 3.28. The van der Waals surface area contributed by atoms with Crippen LogP contribution in [0.5, 0.6) is 0 Å². The minimum Gasteiger partial charge on any atom is -0.316 e. The molecule has 0 radical (unpaired) electrons. The summed E-state index contributed by atoms with van der Waals surface area (Å²) in [6.07, 6.45) is 4.73. The second-order valence-corrected chi connectivity index (χ2v) is 6.87. The van der Waals surface area contributed by atoms with E-state index in [2.05, 4.69) is 65.6 Å². The van der Waals surface area contributed by atoms with Gasteiger partial charge in [0, 0.05) is 13.1 Å². The predicted molar refractivity (Wildman–Crippen MR) is 90.2 cm³/mol. The molecule has 116 valence electrons. The van der Waals surface area contributed by atoms with Gasteiger partial charge in [0.15, 0.2) is 0 Å². The number of rotatable bonds is 9. The highest BCUT2D eigenvalue weighted by molar-refractivity contribution is 9.10. The third kappa shape index (κ3) is 4.59. The summed E-state index contributed by atoms with van der Waals surface area (Å²) in [7, 11) is 0. The van der Waals surface area contributed by atoms with E-state index in [9.17, 15) is 0 Å². The molecule has 0 saturated carbocycles. The largest absolute Gasteiger partial charge is 0.316 e. The maximum Gasteiger partial charge on any atom is 0.0738 e. The molecule has 1 atom stereocenters. The van der Waals surface area contributed by atoms with Crippen LogP contribution in [0.25, 0.3) is 0 Å². The van der Waals surface area contributed by atoms with Crippen LogP contribution in [-0.2, 0) is 13.0 Å². The SMILES string of the molecule is CCCNCC(C)(CCC)Cc1c(Br)c(C)nn1CC. The minimum absolute atomic E-state index is 0.297. The lowest BCUT2D eigenvalue weighted by atomic mass is 9.81. The van der Waals surface area contributed by atoms with E-state index in [0.717, 1.165) is 31.7 Å². The lowest BCUT2D eigenvalue weighted by Gasteiger charge is -2.30. The summed E-state index contributed by atoms with van der Waals surface area (Å²) >= 11 is 3.72. The van der Waals surface area contributed by atoms with E-state index in [1.165, 1.54) is 29.4 Å². The first-order valence-electron chi connectivity index (χ1n) is 7.90. The van der Waals surface area contributed by atoms with Crippen molar-refractivity contribution in [3.05, 3.63) is 15.9 Å². The molecule has 1 rings (SSSR count). The van der Waals surface area contributed by atoms with Crippen LogP contribution in [0.4, 0.5) is 0 Å². The van der Waals surface area contributed by atoms with Gasteiger partial charge in [0.05, 0.1) is 15.9 Å². The van der Waals surface area contributed by atoms with Gasteiger partial charge in [-0.2, -0.15) is 5.10 Å². The van der Waals surface area contributed by atoms with Gasteiger partial charge in [-0.05, 0) is 61.0 Å². The molecular weight excluding hydrogens is 314 g/mol. The first-order chi connectivity index (χ1) is 9.47. The monoisotopic (exact) mass is 343 g/mol. The smallest absolute Gasteiger partial charge is 0.0738 e. The topological polar surface area (TPSA) is 29.9 Å². The maximum atomic E-state index is 4.62. The van der Waals surface area contributed by atoms with Crippen molar-refractivity contribution in [3.63, 3.8) is 0 Å². The van der Waals surface area contributed by atoms with Crippen molar-refractivity contribution >= 4 is 15.9 Å². The molecule has 0 fully saturated rings. The van der Waals surface area contributed by atoms with Gasteiger partial charge in [0.1, 0.15) is 0 Å². The average Bonchev–Trinajstić information content (AvgIpc) is 2.67. The van der Waals surface area contributed by atoms with E-state index in [1.54, 1.807) is 0 Å². The quantitative estimate of drug-likeness (QED) is 0.676. The fourth-order valence-electron chi connectivity index (χ4n) is 2.85. The minimum atomic E-state index is 0.297. The molecule has 0 amide bonds. The van der Waals surface area contributed by atoms with Crippen LogP contribution in [-0.4, -0.2) is 22.9 Å². The van der Waals surface area contributed by atoms with Crippen LogP contribution in [0, 0.1) is 12.3 Å². The molecule has 0 spiro atoms. The van der Waals surface area contributed by atoms with Gasteiger partial charge in [-0.25, -0.2) is 0 Å². The first-order valence-corrected chi connectivity index (χ1v) is 8.69. The molecule has 0 aliphatic heterocycles. The van der Waals surface area contributed by atoms with Gasteiger partial charge in [-0.3, -0.25) is 4.68 Å². The second kappa shape index (κ2) is 8.18. The Labute approximate surface area is 132 Å². The zero-order valence-corrected chi connectivity index (χ0v) is 15.3. The van der Waals surface area contributed by atoms with E-state index >= 15 is 0 Å². The van der Waals surface area contributed by atoms with Crippen LogP contribution >= 0.6 is 15.9 Å². The van der Waals surface area contributed by atoms with E-state index in [4.69, 9.17) is 0 Å². The summed E-state index contributed by atoms with van der Waals surface area (Å²) in [5, 5.41) is 8.22. The summed E-state index contributed by atoms with van der Waals surface area (Å²) < 4.78 is 3.34. The van der Waals surface area contributed by atoms with Crippen molar-refractivity contribution in [2.75, 3.05) is 13.1 Å². The van der Waals surface area contributed by atoms with Crippen LogP contribution in [0.3, 0.4) is 0 Å². The number of halogens is 1. The Hall–Kier alpha value is -0.350. The number of aryl methyl sites for hydroxylation is 2. The standard InChI is InChI=1S/C16H30BrN3/c1-6-9-16(5,12-18-10-7-2)11-14-15(17)13(4)19-20(14)8-3/h18H,6-12H2,1-5H3. The third-order valence-corrected chi connectivity index (χ3v) is 4.91. The highest BCUT2D eigenvalue weighted by Crippen LogP contribution is 2.32. The molecule has 1 N–H and O–H groups in total. The second-order valence-electron chi connectivity index (χ2n) is 6.08. The van der Waals surface area contributed by atoms with Gasteiger partial charge < -0.3 is 5.32 Å². The van der Waals surface area contributed by atoms with E-state index in [-0.39, 0.29) is 0 Å². The molecule has 1 aromatic rings.